The quantitative estimate of drug-likeness (QED) is 0.0288. The van der Waals surface area contributed by atoms with Crippen LogP contribution in [-0.2, 0) is 9.84 Å². The number of unbranched alkanes of at least 4 members (excludes halogenated alkanes) is 9. The molecule has 0 aliphatic heterocycles. The van der Waals surface area contributed by atoms with Crippen LogP contribution in [0.25, 0.3) is 16.3 Å². The zero-order valence-electron chi connectivity index (χ0n) is 27.1. The van der Waals surface area contributed by atoms with Gasteiger partial charge in [-0.1, -0.05) is 115 Å². The minimum absolute atomic E-state index is 0.0273. The van der Waals surface area contributed by atoms with E-state index in [1.807, 2.05) is 24.3 Å². The Balaban J connectivity index is 2.04. The third kappa shape index (κ3) is 10.2. The highest BCUT2D eigenvalue weighted by molar-refractivity contribution is 8.08. The first kappa shape index (κ1) is 35.8. The van der Waals surface area contributed by atoms with Crippen molar-refractivity contribution in [1.29, 1.82) is 0 Å². The first-order valence-corrected chi connectivity index (χ1v) is 17.9. The van der Waals surface area contributed by atoms with E-state index >= 15 is 0 Å². The molecule has 244 valence electrons. The molecule has 3 aromatic rings. The Morgan fingerprint density at radius 1 is 0.667 bits per heavy atom. The largest absolute Gasteiger partial charge is 0.490 e. The highest BCUT2D eigenvalue weighted by atomic mass is 32.2. The van der Waals surface area contributed by atoms with Crippen LogP contribution in [0.15, 0.2) is 59.5 Å². The zero-order valence-corrected chi connectivity index (χ0v) is 27.9. The fourth-order valence-corrected chi connectivity index (χ4v) is 6.34. The third-order valence-electron chi connectivity index (χ3n) is 7.62. The number of hydrogen-bond acceptors (Lipinski definition) is 6. The lowest BCUT2D eigenvalue weighted by molar-refractivity contribution is -0.00159. The summed E-state index contributed by atoms with van der Waals surface area (Å²) >= 11 is 0. The van der Waals surface area contributed by atoms with Crippen molar-refractivity contribution in [3.8, 4) is 17.2 Å². The van der Waals surface area contributed by atoms with Gasteiger partial charge in [-0.2, -0.15) is 0 Å². The molecule has 0 heterocycles. The lowest BCUT2D eigenvalue weighted by Gasteiger charge is -2.19. The molecule has 0 N–H and O–H groups in total. The van der Waals surface area contributed by atoms with Crippen molar-refractivity contribution in [3.63, 3.8) is 0 Å². The van der Waals surface area contributed by atoms with Gasteiger partial charge in [-0.3, -0.25) is 4.79 Å². The molecule has 0 atom stereocenters. The maximum absolute atomic E-state index is 14.1. The normalized spacial score (nSPS) is 11.3. The van der Waals surface area contributed by atoms with Crippen LogP contribution < -0.4 is 14.2 Å². The predicted octanol–water partition coefficient (Wildman–Crippen LogP) is 9.00. The Morgan fingerprint density at radius 2 is 1.22 bits per heavy atom. The van der Waals surface area contributed by atoms with E-state index in [1.165, 1.54) is 18.2 Å². The Labute approximate surface area is 268 Å². The van der Waals surface area contributed by atoms with Gasteiger partial charge in [-0.25, -0.2) is 8.42 Å². The van der Waals surface area contributed by atoms with Gasteiger partial charge in [0.05, 0.1) is 19.8 Å². The van der Waals surface area contributed by atoms with E-state index in [2.05, 4.69) is 25.6 Å². The molecular formula is C36H48N2O6S. The maximum atomic E-state index is 14.1. The first-order chi connectivity index (χ1) is 21.9. The number of hydrogen-bond donors (Lipinski definition) is 0. The lowest BCUT2D eigenvalue weighted by Crippen LogP contribution is -2.26. The molecule has 0 amide bonds. The minimum Gasteiger partial charge on any atom is -0.490 e. The Hall–Kier alpha value is -3.68. The van der Waals surface area contributed by atoms with Crippen LogP contribution in [0.3, 0.4) is 0 Å². The van der Waals surface area contributed by atoms with Crippen molar-refractivity contribution in [3.05, 3.63) is 65.7 Å². The van der Waals surface area contributed by atoms with Crippen LogP contribution in [0.2, 0.25) is 0 Å². The van der Waals surface area contributed by atoms with Gasteiger partial charge < -0.3 is 19.7 Å². The molecule has 0 fully saturated rings. The monoisotopic (exact) mass is 636 g/mol. The molecule has 45 heavy (non-hydrogen) atoms. The van der Waals surface area contributed by atoms with Crippen molar-refractivity contribution < 1.29 is 32.2 Å². The van der Waals surface area contributed by atoms with Gasteiger partial charge >= 0.3 is 5.04 Å². The van der Waals surface area contributed by atoms with E-state index in [0.717, 1.165) is 81.4 Å². The molecule has 0 radical (unpaired) electrons. The summed E-state index contributed by atoms with van der Waals surface area (Å²) in [4.78, 5) is 16.3. The molecule has 3 rings (SSSR count). The van der Waals surface area contributed by atoms with Crippen LogP contribution >= 0.6 is 0 Å². The average molecular weight is 637 g/mol. The van der Waals surface area contributed by atoms with Crippen LogP contribution in [0, 0.1) is 0 Å². The van der Waals surface area contributed by atoms with Gasteiger partial charge in [0.1, 0.15) is 4.90 Å². The summed E-state index contributed by atoms with van der Waals surface area (Å²) in [6.07, 6.45) is 11.6. The number of carbonyl (C=O) groups excluding carboxylic acids is 1. The second-order valence-electron chi connectivity index (χ2n) is 11.2. The number of rotatable bonds is 21. The summed E-state index contributed by atoms with van der Waals surface area (Å²) in [6.45, 7) is 7.42. The number of ketones is 1. The predicted molar refractivity (Wildman–Crippen MR) is 179 cm³/mol. The first-order valence-electron chi connectivity index (χ1n) is 16.4. The topological polar surface area (TPSA) is 115 Å². The second-order valence-corrected chi connectivity index (χ2v) is 13.1. The standard InChI is InChI=1S/C36H48N2O6S/c1-4-7-10-15-24-42-31-22-23-32(35(44-26-17-12-9-6-3)34(31)43-25-16-11-8-5-2)45(40,41)36(38-37)33(39)30-21-20-28-18-13-14-19-29(28)27-30/h13-14,18-23,27H,4-12,15-17,24-26H2,1-3H3. The number of carbonyl (C=O) groups is 1. The highest BCUT2D eigenvalue weighted by Crippen LogP contribution is 2.43. The van der Waals surface area contributed by atoms with E-state index in [4.69, 9.17) is 14.2 Å². The molecule has 0 aliphatic rings. The zero-order chi connectivity index (χ0) is 32.5. The van der Waals surface area contributed by atoms with E-state index in [1.54, 1.807) is 12.1 Å². The SMILES string of the molecule is CCCCCCOc1ccc(S(=O)(=O)C(=[N+]=[N-])C(=O)c2ccc3ccccc3c2)c(OCCCCCC)c1OCCCCCC. The van der Waals surface area contributed by atoms with E-state index in [9.17, 15) is 18.7 Å². The van der Waals surface area contributed by atoms with Gasteiger partial charge in [0.25, 0.3) is 15.6 Å². The van der Waals surface area contributed by atoms with Crippen LogP contribution in [-0.4, -0.2) is 43.9 Å². The molecule has 0 unspecified atom stereocenters. The van der Waals surface area contributed by atoms with Gasteiger partial charge in [-0.15, -0.1) is 4.79 Å². The number of ether oxygens (including phenoxy) is 3. The Morgan fingerprint density at radius 3 is 1.80 bits per heavy atom. The molecule has 0 bridgehead atoms. The van der Waals surface area contributed by atoms with Gasteiger partial charge in [0.15, 0.2) is 11.5 Å². The molecule has 0 spiro atoms. The smallest absolute Gasteiger partial charge is 0.457 e. The molecule has 0 saturated heterocycles. The molecular weight excluding hydrogens is 588 g/mol. The van der Waals surface area contributed by atoms with Crippen molar-refractivity contribution in [1.82, 2.24) is 0 Å². The number of sulfone groups is 1. The van der Waals surface area contributed by atoms with E-state index < -0.39 is 20.7 Å². The van der Waals surface area contributed by atoms with Crippen molar-refractivity contribution in [2.45, 2.75) is 103 Å². The summed E-state index contributed by atoms with van der Waals surface area (Å²) < 4.78 is 46.7. The molecule has 0 saturated carbocycles. The highest BCUT2D eigenvalue weighted by Gasteiger charge is 2.41. The minimum atomic E-state index is -4.65. The summed E-state index contributed by atoms with van der Waals surface area (Å²) in [5.41, 5.74) is 10.0. The maximum Gasteiger partial charge on any atom is 0.457 e. The van der Waals surface area contributed by atoms with Crippen molar-refractivity contribution >= 4 is 31.4 Å². The molecule has 0 aliphatic carbocycles. The van der Waals surface area contributed by atoms with Crippen LogP contribution in [0.5, 0.6) is 17.2 Å². The fourth-order valence-electron chi connectivity index (χ4n) is 5.02. The van der Waals surface area contributed by atoms with Crippen molar-refractivity contribution in [2.75, 3.05) is 19.8 Å². The third-order valence-corrected chi connectivity index (χ3v) is 9.30. The fraction of sp³-hybridized carbons (Fsp3) is 0.500. The Kier molecular flexibility index (Phi) is 15.1. The number of fused-ring (bicyclic) bond motifs is 1. The summed E-state index contributed by atoms with van der Waals surface area (Å²) in [5.74, 6) is -0.377. The van der Waals surface area contributed by atoms with Crippen molar-refractivity contribution in [2.24, 2.45) is 0 Å². The number of Topliss-reactive ketones (excluding diaryl/α,β-unsaturated/α-hetero) is 1. The molecule has 0 aromatic heterocycles. The van der Waals surface area contributed by atoms with Crippen LogP contribution in [0.4, 0.5) is 0 Å². The van der Waals surface area contributed by atoms with Gasteiger partial charge in [-0.05, 0) is 48.2 Å². The van der Waals surface area contributed by atoms with E-state index in [0.29, 0.717) is 25.4 Å². The summed E-state index contributed by atoms with van der Waals surface area (Å²) in [6, 6.07) is 15.1. The van der Waals surface area contributed by atoms with E-state index in [-0.39, 0.29) is 28.6 Å². The molecule has 8 nitrogen and oxygen atoms in total. The summed E-state index contributed by atoms with van der Waals surface area (Å²) in [7, 11) is -4.65. The lowest BCUT2D eigenvalue weighted by atomic mass is 10.0. The molecule has 3 aromatic carbocycles. The van der Waals surface area contributed by atoms with Gasteiger partial charge in [0.2, 0.25) is 5.75 Å². The summed E-state index contributed by atoms with van der Waals surface area (Å²) in [5, 5.41) is 0.660. The number of benzene rings is 3. The average Bonchev–Trinajstić information content (AvgIpc) is 3.04. The second kappa shape index (κ2) is 19.0. The number of nitrogens with zero attached hydrogens (tertiary/aromatic N) is 2. The van der Waals surface area contributed by atoms with Gasteiger partial charge in [0, 0.05) is 5.56 Å². The molecule has 9 heteroatoms. The Bertz CT molecular complexity index is 1550. The van der Waals surface area contributed by atoms with Crippen LogP contribution in [0.1, 0.15) is 108 Å².